The molecule has 0 atom stereocenters. The number of halogens is 5. The van der Waals surface area contributed by atoms with Gasteiger partial charge in [0.15, 0.2) is 5.75 Å². The van der Waals surface area contributed by atoms with Crippen molar-refractivity contribution in [2.24, 2.45) is 0 Å². The first kappa shape index (κ1) is 16.2. The summed E-state index contributed by atoms with van der Waals surface area (Å²) in [6.07, 6.45) is -5.12. The molecule has 12 heteroatoms. The van der Waals surface area contributed by atoms with E-state index in [2.05, 4.69) is 4.74 Å². The minimum absolute atomic E-state index is 0.463. The Morgan fingerprint density at radius 3 is 2.26 bits per heavy atom. The molecule has 0 aliphatic rings. The Kier molecular flexibility index (Phi) is 4.51. The van der Waals surface area contributed by atoms with Gasteiger partial charge in [-0.15, -0.1) is 13.2 Å². The minimum Gasteiger partial charge on any atom is -0.404 e. The fourth-order valence-electron chi connectivity index (χ4n) is 1.03. The van der Waals surface area contributed by atoms with E-state index in [1.54, 1.807) is 0 Å². The van der Waals surface area contributed by atoms with Crippen LogP contribution in [0.1, 0.15) is 0 Å². The molecule has 6 nitrogen and oxygen atoms in total. The second kappa shape index (κ2) is 5.28. The van der Waals surface area contributed by atoms with E-state index in [4.69, 9.17) is 10.7 Å². The first-order chi connectivity index (χ1) is 8.42. The third kappa shape index (κ3) is 4.35. The zero-order valence-electron chi connectivity index (χ0n) is 8.44. The van der Waals surface area contributed by atoms with Crippen LogP contribution in [0.25, 0.3) is 0 Å². The van der Waals surface area contributed by atoms with Gasteiger partial charge in [-0.05, 0) is 22.6 Å². The summed E-state index contributed by atoms with van der Waals surface area (Å²) in [5, 5.41) is 10.6. The summed E-state index contributed by atoms with van der Waals surface area (Å²) in [6, 6.07) is 1.01. The van der Waals surface area contributed by atoms with Gasteiger partial charge in [0.2, 0.25) is 0 Å². The van der Waals surface area contributed by atoms with Crippen molar-refractivity contribution in [2.45, 2.75) is 11.3 Å². The third-order valence-corrected chi connectivity index (χ3v) is 4.11. The molecular formula is C7H2ClF3INO5S. The average Bonchev–Trinajstić information content (AvgIpc) is 2.16. The maximum absolute atomic E-state index is 12.1. The number of alkyl halides is 3. The van der Waals surface area contributed by atoms with Crippen LogP contribution in [-0.4, -0.2) is 19.7 Å². The lowest BCUT2D eigenvalue weighted by Crippen LogP contribution is -2.18. The molecule has 0 saturated carbocycles. The Morgan fingerprint density at radius 2 is 1.89 bits per heavy atom. The van der Waals surface area contributed by atoms with Gasteiger partial charge < -0.3 is 4.74 Å². The fraction of sp³-hybridized carbons (Fsp3) is 0.143. The highest BCUT2D eigenvalue weighted by Crippen LogP contribution is 2.37. The standard InChI is InChI=1S/C7H2ClF3INO5S/c8-19(16,17)3-1-4(13(14)15)6(12)5(2-3)18-7(9,10)11/h1-2H. The van der Waals surface area contributed by atoms with Crippen LogP contribution in [0, 0.1) is 13.7 Å². The van der Waals surface area contributed by atoms with Gasteiger partial charge in [0.1, 0.15) is 3.57 Å². The van der Waals surface area contributed by atoms with Crippen LogP contribution >= 0.6 is 33.3 Å². The number of nitro groups is 1. The Balaban J connectivity index is 3.54. The topological polar surface area (TPSA) is 86.5 Å². The summed E-state index contributed by atoms with van der Waals surface area (Å²) in [5.41, 5.74) is -0.860. The molecule has 0 aromatic heterocycles. The van der Waals surface area contributed by atoms with Crippen LogP contribution in [0.5, 0.6) is 5.75 Å². The van der Waals surface area contributed by atoms with Gasteiger partial charge in [0.25, 0.3) is 14.7 Å². The SMILES string of the molecule is O=[N+]([O-])c1cc(S(=O)(=O)Cl)cc(OC(F)(F)F)c1I. The van der Waals surface area contributed by atoms with Gasteiger partial charge in [-0.25, -0.2) is 8.42 Å². The highest BCUT2D eigenvalue weighted by Gasteiger charge is 2.34. The monoisotopic (exact) mass is 431 g/mol. The molecule has 0 heterocycles. The third-order valence-electron chi connectivity index (χ3n) is 1.70. The molecule has 0 spiro atoms. The van der Waals surface area contributed by atoms with Crippen molar-refractivity contribution in [3.8, 4) is 5.75 Å². The highest BCUT2D eigenvalue weighted by atomic mass is 127. The summed E-state index contributed by atoms with van der Waals surface area (Å²) in [4.78, 5) is 8.74. The molecule has 0 saturated heterocycles. The normalized spacial score (nSPS) is 12.3. The molecule has 1 aromatic carbocycles. The Morgan fingerprint density at radius 1 is 1.37 bits per heavy atom. The number of hydrogen-bond donors (Lipinski definition) is 0. The first-order valence-corrected chi connectivity index (χ1v) is 7.49. The van der Waals surface area contributed by atoms with Gasteiger partial charge in [-0.2, -0.15) is 0 Å². The molecule has 0 aliphatic carbocycles. The summed E-state index contributed by atoms with van der Waals surface area (Å²) in [5.74, 6) is -1.01. The van der Waals surface area contributed by atoms with Gasteiger partial charge in [0.05, 0.1) is 9.82 Å². The van der Waals surface area contributed by atoms with Crippen LogP contribution in [0.2, 0.25) is 0 Å². The molecule has 0 unspecified atom stereocenters. The predicted molar refractivity (Wildman–Crippen MR) is 65.5 cm³/mol. The molecular weight excluding hydrogens is 429 g/mol. The lowest BCUT2D eigenvalue weighted by Gasteiger charge is -2.11. The van der Waals surface area contributed by atoms with E-state index in [-0.39, 0.29) is 0 Å². The van der Waals surface area contributed by atoms with E-state index in [0.717, 1.165) is 0 Å². The lowest BCUT2D eigenvalue weighted by atomic mass is 10.3. The van der Waals surface area contributed by atoms with Crippen molar-refractivity contribution >= 4 is 48.0 Å². The number of nitro benzene ring substituents is 1. The summed E-state index contributed by atoms with van der Waals surface area (Å²) in [6.45, 7) is 0. The van der Waals surface area contributed by atoms with E-state index in [9.17, 15) is 31.7 Å². The molecule has 0 aliphatic heterocycles. The van der Waals surface area contributed by atoms with Gasteiger partial charge >= 0.3 is 6.36 Å². The van der Waals surface area contributed by atoms with E-state index in [1.807, 2.05) is 0 Å². The quantitative estimate of drug-likeness (QED) is 0.318. The molecule has 0 radical (unpaired) electrons. The number of rotatable bonds is 3. The van der Waals surface area contributed by atoms with Crippen molar-refractivity contribution < 1.29 is 31.2 Å². The molecule has 0 amide bonds. The first-order valence-electron chi connectivity index (χ1n) is 4.10. The molecule has 0 N–H and O–H groups in total. The molecule has 1 aromatic rings. The second-order valence-corrected chi connectivity index (χ2v) is 6.64. The minimum atomic E-state index is -5.12. The number of benzene rings is 1. The maximum Gasteiger partial charge on any atom is 0.573 e. The van der Waals surface area contributed by atoms with Crippen LogP contribution in [0.4, 0.5) is 18.9 Å². The van der Waals surface area contributed by atoms with E-state index in [1.165, 1.54) is 22.6 Å². The smallest absolute Gasteiger partial charge is 0.404 e. The largest absolute Gasteiger partial charge is 0.573 e. The summed E-state index contributed by atoms with van der Waals surface area (Å²) in [7, 11) is 0.505. The zero-order valence-corrected chi connectivity index (χ0v) is 12.2. The van der Waals surface area contributed by atoms with Gasteiger partial charge in [-0.1, -0.05) is 0 Å². The fourth-order valence-corrected chi connectivity index (χ4v) is 2.42. The number of hydrogen-bond acceptors (Lipinski definition) is 5. The lowest BCUT2D eigenvalue weighted by molar-refractivity contribution is -0.386. The van der Waals surface area contributed by atoms with Crippen LogP contribution in [-0.2, 0) is 9.05 Å². The Labute approximate surface area is 122 Å². The maximum atomic E-state index is 12.1. The average molecular weight is 432 g/mol. The van der Waals surface area contributed by atoms with Crippen molar-refractivity contribution in [3.63, 3.8) is 0 Å². The summed E-state index contributed by atoms with van der Waals surface area (Å²) >= 11 is 1.24. The summed E-state index contributed by atoms with van der Waals surface area (Å²) < 4.78 is 61.4. The number of nitrogens with zero attached hydrogens (tertiary/aromatic N) is 1. The Hall–Kier alpha value is -0.820. The van der Waals surface area contributed by atoms with Crippen molar-refractivity contribution in [1.82, 2.24) is 0 Å². The van der Waals surface area contributed by atoms with Crippen molar-refractivity contribution in [2.75, 3.05) is 0 Å². The van der Waals surface area contributed by atoms with Gasteiger partial charge in [-0.3, -0.25) is 10.1 Å². The van der Waals surface area contributed by atoms with Crippen molar-refractivity contribution in [3.05, 3.63) is 25.8 Å². The van der Waals surface area contributed by atoms with E-state index >= 15 is 0 Å². The van der Waals surface area contributed by atoms with Crippen LogP contribution in [0.15, 0.2) is 17.0 Å². The second-order valence-electron chi connectivity index (χ2n) is 3.00. The molecule has 106 valence electrons. The molecule has 0 fully saturated rings. The zero-order chi connectivity index (χ0) is 15.0. The van der Waals surface area contributed by atoms with Crippen LogP contribution < -0.4 is 4.74 Å². The predicted octanol–water partition coefficient (Wildman–Crippen LogP) is 3.03. The van der Waals surface area contributed by atoms with Crippen LogP contribution in [0.3, 0.4) is 0 Å². The molecule has 1 rings (SSSR count). The highest BCUT2D eigenvalue weighted by molar-refractivity contribution is 14.1. The molecule has 19 heavy (non-hydrogen) atoms. The van der Waals surface area contributed by atoms with E-state index in [0.29, 0.717) is 12.1 Å². The van der Waals surface area contributed by atoms with E-state index < -0.39 is 40.2 Å². The van der Waals surface area contributed by atoms with Gasteiger partial charge in [0, 0.05) is 22.8 Å². The molecule has 0 bridgehead atoms. The Bertz CT molecular complexity index is 632. The number of ether oxygens (including phenoxy) is 1. The van der Waals surface area contributed by atoms with Crippen molar-refractivity contribution in [1.29, 1.82) is 0 Å².